The van der Waals surface area contributed by atoms with Gasteiger partial charge in [0.2, 0.25) is 0 Å². The zero-order chi connectivity index (χ0) is 11.7. The van der Waals surface area contributed by atoms with Crippen LogP contribution in [0.3, 0.4) is 0 Å². The van der Waals surface area contributed by atoms with Gasteiger partial charge in [0.15, 0.2) is 0 Å². The molecule has 1 aromatic heterocycles. The summed E-state index contributed by atoms with van der Waals surface area (Å²) in [5.74, 6) is 1.04. The minimum absolute atomic E-state index is 0.398. The Bertz CT molecular complexity index is 408. The van der Waals surface area contributed by atoms with Crippen LogP contribution in [0.4, 0.5) is 0 Å². The predicted octanol–water partition coefficient (Wildman–Crippen LogP) is 2.48. The third-order valence-corrected chi connectivity index (χ3v) is 4.03. The molecule has 1 fully saturated rings. The molecule has 17 heavy (non-hydrogen) atoms. The first-order chi connectivity index (χ1) is 8.34. The zero-order valence-electron chi connectivity index (χ0n) is 10.6. The molecule has 3 rings (SSSR count). The minimum atomic E-state index is 0.398. The topological polar surface area (TPSA) is 37.8 Å². The van der Waals surface area contributed by atoms with Gasteiger partial charge in [0, 0.05) is 11.4 Å². The Balaban J connectivity index is 1.92. The lowest BCUT2D eigenvalue weighted by Crippen LogP contribution is -2.29. The van der Waals surface area contributed by atoms with E-state index in [1.165, 1.54) is 55.5 Å². The monoisotopic (exact) mass is 231 g/mol. The van der Waals surface area contributed by atoms with Crippen molar-refractivity contribution in [3.8, 4) is 0 Å². The summed E-state index contributed by atoms with van der Waals surface area (Å²) in [6.07, 6.45) is 8.72. The van der Waals surface area contributed by atoms with E-state index in [9.17, 15) is 0 Å². The normalized spacial score (nSPS) is 24.4. The van der Waals surface area contributed by atoms with Crippen molar-refractivity contribution in [2.24, 2.45) is 0 Å². The summed E-state index contributed by atoms with van der Waals surface area (Å²) in [5.41, 5.74) is 3.97. The second kappa shape index (κ2) is 4.73. The number of nitrogens with one attached hydrogen (secondary N) is 1. The van der Waals surface area contributed by atoms with E-state index >= 15 is 0 Å². The van der Waals surface area contributed by atoms with Crippen molar-refractivity contribution >= 4 is 0 Å². The van der Waals surface area contributed by atoms with Crippen LogP contribution in [0, 0.1) is 6.92 Å². The van der Waals surface area contributed by atoms with Crippen molar-refractivity contribution in [2.45, 2.75) is 57.9 Å². The van der Waals surface area contributed by atoms with Gasteiger partial charge in [-0.15, -0.1) is 0 Å². The Morgan fingerprint density at radius 3 is 2.76 bits per heavy atom. The van der Waals surface area contributed by atoms with E-state index in [0.29, 0.717) is 6.04 Å². The highest BCUT2D eigenvalue weighted by Gasteiger charge is 2.21. The summed E-state index contributed by atoms with van der Waals surface area (Å²) in [6, 6.07) is 0.398. The van der Waals surface area contributed by atoms with Gasteiger partial charge in [-0.25, -0.2) is 9.97 Å². The molecule has 0 saturated carbocycles. The lowest BCUT2D eigenvalue weighted by molar-refractivity contribution is 0.394. The maximum atomic E-state index is 4.82. The number of piperidine rings is 1. The molecule has 1 unspecified atom stereocenters. The van der Waals surface area contributed by atoms with Gasteiger partial charge in [-0.3, -0.25) is 0 Å². The van der Waals surface area contributed by atoms with Gasteiger partial charge >= 0.3 is 0 Å². The van der Waals surface area contributed by atoms with Crippen molar-refractivity contribution in [3.63, 3.8) is 0 Å². The van der Waals surface area contributed by atoms with E-state index in [-0.39, 0.29) is 0 Å². The summed E-state index contributed by atoms with van der Waals surface area (Å²) in [7, 11) is 0. The SMILES string of the molecule is Cc1nc(C2CCCCN2)nc2c1CCCC2. The van der Waals surface area contributed by atoms with Crippen molar-refractivity contribution in [2.75, 3.05) is 6.54 Å². The Kier molecular flexibility index (Phi) is 3.10. The van der Waals surface area contributed by atoms with Gasteiger partial charge in [0.25, 0.3) is 0 Å². The fourth-order valence-electron chi connectivity index (χ4n) is 3.03. The highest BCUT2D eigenvalue weighted by Crippen LogP contribution is 2.25. The maximum Gasteiger partial charge on any atom is 0.145 e. The number of aromatic nitrogens is 2. The maximum absolute atomic E-state index is 4.82. The van der Waals surface area contributed by atoms with Crippen molar-refractivity contribution in [3.05, 3.63) is 22.8 Å². The standard InChI is InChI=1S/C14H21N3/c1-10-11-6-2-3-7-12(11)17-14(16-10)13-8-4-5-9-15-13/h13,15H,2-9H2,1H3. The molecule has 1 N–H and O–H groups in total. The van der Waals surface area contributed by atoms with Crippen LogP contribution in [-0.2, 0) is 12.8 Å². The van der Waals surface area contributed by atoms with Crippen LogP contribution in [0.15, 0.2) is 0 Å². The molecule has 1 aliphatic carbocycles. The Morgan fingerprint density at radius 2 is 1.94 bits per heavy atom. The van der Waals surface area contributed by atoms with Crippen LogP contribution >= 0.6 is 0 Å². The summed E-state index contributed by atoms with van der Waals surface area (Å²) in [4.78, 5) is 9.56. The molecule has 0 spiro atoms. The van der Waals surface area contributed by atoms with Crippen LogP contribution in [0.5, 0.6) is 0 Å². The fraction of sp³-hybridized carbons (Fsp3) is 0.714. The molecule has 1 atom stereocenters. The average molecular weight is 231 g/mol. The van der Waals surface area contributed by atoms with E-state index in [1.54, 1.807) is 0 Å². The zero-order valence-corrected chi connectivity index (χ0v) is 10.6. The van der Waals surface area contributed by atoms with Crippen LogP contribution in [-0.4, -0.2) is 16.5 Å². The molecule has 0 bridgehead atoms. The van der Waals surface area contributed by atoms with E-state index in [1.807, 2.05) is 0 Å². The highest BCUT2D eigenvalue weighted by molar-refractivity contribution is 5.28. The highest BCUT2D eigenvalue weighted by atomic mass is 15.0. The van der Waals surface area contributed by atoms with Crippen LogP contribution in [0.1, 0.15) is 60.9 Å². The molecule has 0 aromatic carbocycles. The Hall–Kier alpha value is -0.960. The molecule has 1 aromatic rings. The second-order valence-corrected chi connectivity index (χ2v) is 5.30. The molecule has 1 aliphatic heterocycles. The Morgan fingerprint density at radius 1 is 1.06 bits per heavy atom. The number of hydrogen-bond donors (Lipinski definition) is 1. The molecule has 2 heterocycles. The lowest BCUT2D eigenvalue weighted by Gasteiger charge is -2.25. The second-order valence-electron chi connectivity index (χ2n) is 5.30. The van der Waals surface area contributed by atoms with Crippen molar-refractivity contribution in [1.29, 1.82) is 0 Å². The Labute approximate surface area is 103 Å². The summed E-state index contributed by atoms with van der Waals surface area (Å²) >= 11 is 0. The fourth-order valence-corrected chi connectivity index (χ4v) is 3.03. The number of rotatable bonds is 1. The molecular formula is C14H21N3. The van der Waals surface area contributed by atoms with Crippen molar-refractivity contribution < 1.29 is 0 Å². The molecule has 0 amide bonds. The van der Waals surface area contributed by atoms with Crippen LogP contribution in [0.25, 0.3) is 0 Å². The number of nitrogens with zero attached hydrogens (tertiary/aromatic N) is 2. The molecule has 1 saturated heterocycles. The number of fused-ring (bicyclic) bond motifs is 1. The lowest BCUT2D eigenvalue weighted by atomic mass is 9.94. The van der Waals surface area contributed by atoms with Gasteiger partial charge in [-0.2, -0.15) is 0 Å². The van der Waals surface area contributed by atoms with E-state index in [2.05, 4.69) is 12.2 Å². The molecule has 3 heteroatoms. The number of aryl methyl sites for hydroxylation is 2. The summed E-state index contributed by atoms with van der Waals surface area (Å²) in [5, 5.41) is 3.54. The van der Waals surface area contributed by atoms with Gasteiger partial charge < -0.3 is 5.32 Å². The molecule has 3 nitrogen and oxygen atoms in total. The average Bonchev–Trinajstić information content (AvgIpc) is 2.40. The molecule has 2 aliphatic rings. The first-order valence-electron chi connectivity index (χ1n) is 6.94. The van der Waals surface area contributed by atoms with E-state index < -0.39 is 0 Å². The molecule has 92 valence electrons. The van der Waals surface area contributed by atoms with Gasteiger partial charge in [-0.1, -0.05) is 6.42 Å². The van der Waals surface area contributed by atoms with Crippen LogP contribution in [0.2, 0.25) is 0 Å². The van der Waals surface area contributed by atoms with Gasteiger partial charge in [-0.05, 0) is 57.6 Å². The quantitative estimate of drug-likeness (QED) is 0.807. The molecular weight excluding hydrogens is 210 g/mol. The summed E-state index contributed by atoms with van der Waals surface area (Å²) < 4.78 is 0. The van der Waals surface area contributed by atoms with E-state index in [4.69, 9.17) is 9.97 Å². The van der Waals surface area contributed by atoms with Gasteiger partial charge in [0.05, 0.1) is 6.04 Å². The third-order valence-electron chi connectivity index (χ3n) is 4.03. The smallest absolute Gasteiger partial charge is 0.145 e. The first kappa shape index (κ1) is 11.1. The molecule has 0 radical (unpaired) electrons. The minimum Gasteiger partial charge on any atom is -0.307 e. The van der Waals surface area contributed by atoms with E-state index in [0.717, 1.165) is 18.8 Å². The van der Waals surface area contributed by atoms with Crippen LogP contribution < -0.4 is 5.32 Å². The number of hydrogen-bond acceptors (Lipinski definition) is 3. The van der Waals surface area contributed by atoms with Crippen molar-refractivity contribution in [1.82, 2.24) is 15.3 Å². The summed E-state index contributed by atoms with van der Waals surface area (Å²) in [6.45, 7) is 3.27. The first-order valence-corrected chi connectivity index (χ1v) is 6.94. The van der Waals surface area contributed by atoms with Gasteiger partial charge in [0.1, 0.15) is 5.82 Å². The third kappa shape index (κ3) is 2.21. The predicted molar refractivity (Wildman–Crippen MR) is 68.0 cm³/mol. The largest absolute Gasteiger partial charge is 0.307 e.